The molecule has 4 nitrogen and oxygen atoms in total. The van der Waals surface area contributed by atoms with Crippen LogP contribution in [0.3, 0.4) is 0 Å². The Kier molecular flexibility index (Phi) is 5.92. The van der Waals surface area contributed by atoms with E-state index in [1.165, 1.54) is 12.8 Å². The molecule has 0 bridgehead atoms. The third-order valence-corrected chi connectivity index (χ3v) is 3.87. The summed E-state index contributed by atoms with van der Waals surface area (Å²) in [5, 5.41) is 9.04. The number of hydrogen-bond donors (Lipinski definition) is 1. The van der Waals surface area contributed by atoms with Crippen LogP contribution in [-0.4, -0.2) is 47.8 Å². The summed E-state index contributed by atoms with van der Waals surface area (Å²) in [5.74, 6) is -0.745. The van der Waals surface area contributed by atoms with Crippen LogP contribution in [0.5, 0.6) is 0 Å². The summed E-state index contributed by atoms with van der Waals surface area (Å²) in [6.45, 7) is 4.33. The highest BCUT2D eigenvalue weighted by Crippen LogP contribution is 2.27. The van der Waals surface area contributed by atoms with Crippen molar-refractivity contribution < 1.29 is 14.6 Å². The summed E-state index contributed by atoms with van der Waals surface area (Å²) < 4.78 is 5.53. The van der Waals surface area contributed by atoms with Crippen molar-refractivity contribution in [3.63, 3.8) is 0 Å². The predicted octanol–water partition coefficient (Wildman–Crippen LogP) is 2.13. The molecule has 0 aliphatic heterocycles. The molecule has 0 aromatic heterocycles. The van der Waals surface area contributed by atoms with Crippen molar-refractivity contribution in [1.82, 2.24) is 4.90 Å². The van der Waals surface area contributed by atoms with Gasteiger partial charge in [-0.3, -0.25) is 9.69 Å². The summed E-state index contributed by atoms with van der Waals surface area (Å²) in [6, 6.07) is 0.562. The van der Waals surface area contributed by atoms with Gasteiger partial charge in [-0.05, 0) is 26.2 Å². The molecule has 1 rings (SSSR count). The van der Waals surface area contributed by atoms with Gasteiger partial charge >= 0.3 is 5.97 Å². The minimum Gasteiger partial charge on any atom is -0.480 e. The summed E-state index contributed by atoms with van der Waals surface area (Å²) in [6.07, 6.45) is 5.63. The van der Waals surface area contributed by atoms with Crippen molar-refractivity contribution >= 4 is 5.97 Å². The lowest BCUT2D eigenvalue weighted by molar-refractivity contribution is -0.141. The van der Waals surface area contributed by atoms with E-state index in [1.807, 2.05) is 0 Å². The molecule has 1 aliphatic carbocycles. The van der Waals surface area contributed by atoms with Gasteiger partial charge in [-0.15, -0.1) is 0 Å². The Bertz CT molecular complexity index is 245. The SMILES string of the molecule is CCC(C)N(CC(=O)O)C1CCCCC1OC. The van der Waals surface area contributed by atoms with E-state index >= 15 is 0 Å². The molecule has 100 valence electrons. The molecule has 0 saturated heterocycles. The maximum atomic E-state index is 11.0. The number of nitrogens with zero attached hydrogens (tertiary/aromatic N) is 1. The topological polar surface area (TPSA) is 49.8 Å². The van der Waals surface area contributed by atoms with Gasteiger partial charge in [-0.25, -0.2) is 0 Å². The number of carbonyl (C=O) groups is 1. The van der Waals surface area contributed by atoms with Crippen LogP contribution in [-0.2, 0) is 9.53 Å². The summed E-state index contributed by atoms with van der Waals surface area (Å²) in [5.41, 5.74) is 0. The average Bonchev–Trinajstić information content (AvgIpc) is 2.34. The fourth-order valence-corrected chi connectivity index (χ4v) is 2.72. The van der Waals surface area contributed by atoms with E-state index < -0.39 is 5.97 Å². The van der Waals surface area contributed by atoms with E-state index in [4.69, 9.17) is 9.84 Å². The molecule has 1 fully saturated rings. The van der Waals surface area contributed by atoms with Crippen molar-refractivity contribution in [2.45, 2.75) is 64.1 Å². The van der Waals surface area contributed by atoms with E-state index in [2.05, 4.69) is 18.7 Å². The number of methoxy groups -OCH3 is 1. The molecule has 3 atom stereocenters. The molecular weight excluding hydrogens is 218 g/mol. The van der Waals surface area contributed by atoms with Gasteiger partial charge in [0.05, 0.1) is 12.6 Å². The van der Waals surface area contributed by atoms with Crippen LogP contribution in [0.15, 0.2) is 0 Å². The number of carboxylic acid groups (broad SMARTS) is 1. The van der Waals surface area contributed by atoms with E-state index in [9.17, 15) is 4.79 Å². The fraction of sp³-hybridized carbons (Fsp3) is 0.923. The Morgan fingerprint density at radius 3 is 2.65 bits per heavy atom. The highest BCUT2D eigenvalue weighted by atomic mass is 16.5. The van der Waals surface area contributed by atoms with Crippen LogP contribution in [0.2, 0.25) is 0 Å². The van der Waals surface area contributed by atoms with Gasteiger partial charge in [0.25, 0.3) is 0 Å². The summed E-state index contributed by atoms with van der Waals surface area (Å²) in [7, 11) is 1.73. The van der Waals surface area contributed by atoms with Gasteiger partial charge in [0, 0.05) is 19.2 Å². The first-order chi connectivity index (χ1) is 8.10. The number of carboxylic acids is 1. The molecule has 1 N–H and O–H groups in total. The second-order valence-electron chi connectivity index (χ2n) is 4.95. The zero-order valence-electron chi connectivity index (χ0n) is 11.2. The molecule has 0 amide bonds. The average molecular weight is 243 g/mol. The molecule has 0 spiro atoms. The third-order valence-electron chi connectivity index (χ3n) is 3.87. The molecule has 1 saturated carbocycles. The van der Waals surface area contributed by atoms with E-state index in [0.29, 0.717) is 6.04 Å². The molecule has 0 heterocycles. The zero-order chi connectivity index (χ0) is 12.8. The molecule has 3 unspecified atom stereocenters. The second kappa shape index (κ2) is 6.97. The minimum atomic E-state index is -0.745. The lowest BCUT2D eigenvalue weighted by Gasteiger charge is -2.41. The van der Waals surface area contributed by atoms with E-state index in [1.54, 1.807) is 7.11 Å². The second-order valence-corrected chi connectivity index (χ2v) is 4.95. The number of ether oxygens (including phenoxy) is 1. The largest absolute Gasteiger partial charge is 0.480 e. The van der Waals surface area contributed by atoms with Crippen LogP contribution in [0.25, 0.3) is 0 Å². The standard InChI is InChI=1S/C13H25NO3/c1-4-10(2)14(9-13(15)16)11-7-5-6-8-12(11)17-3/h10-12H,4-9H2,1-3H3,(H,15,16). The maximum Gasteiger partial charge on any atom is 0.317 e. The predicted molar refractivity (Wildman–Crippen MR) is 67.1 cm³/mol. The Labute approximate surface area is 104 Å². The van der Waals surface area contributed by atoms with Gasteiger partial charge < -0.3 is 9.84 Å². The highest BCUT2D eigenvalue weighted by Gasteiger charge is 2.33. The van der Waals surface area contributed by atoms with Gasteiger partial charge in [0.1, 0.15) is 0 Å². The van der Waals surface area contributed by atoms with Crippen molar-refractivity contribution in [2.75, 3.05) is 13.7 Å². The normalized spacial score (nSPS) is 27.1. The van der Waals surface area contributed by atoms with Crippen LogP contribution < -0.4 is 0 Å². The highest BCUT2D eigenvalue weighted by molar-refractivity contribution is 5.69. The zero-order valence-corrected chi connectivity index (χ0v) is 11.2. The first kappa shape index (κ1) is 14.5. The van der Waals surface area contributed by atoms with E-state index in [-0.39, 0.29) is 18.7 Å². The Morgan fingerprint density at radius 1 is 1.47 bits per heavy atom. The number of rotatable bonds is 6. The fourth-order valence-electron chi connectivity index (χ4n) is 2.72. The Hall–Kier alpha value is -0.610. The van der Waals surface area contributed by atoms with Crippen molar-refractivity contribution in [2.24, 2.45) is 0 Å². The maximum absolute atomic E-state index is 11.0. The summed E-state index contributed by atoms with van der Waals surface area (Å²) >= 11 is 0. The molecule has 0 radical (unpaired) electrons. The van der Waals surface area contributed by atoms with Crippen molar-refractivity contribution in [3.8, 4) is 0 Å². The molecular formula is C13H25NO3. The van der Waals surface area contributed by atoms with Crippen molar-refractivity contribution in [1.29, 1.82) is 0 Å². The number of hydrogen-bond acceptors (Lipinski definition) is 3. The summed E-state index contributed by atoms with van der Waals surface area (Å²) in [4.78, 5) is 13.1. The smallest absolute Gasteiger partial charge is 0.317 e. The van der Waals surface area contributed by atoms with Gasteiger partial charge in [0.15, 0.2) is 0 Å². The molecule has 1 aliphatic rings. The molecule has 4 heteroatoms. The quantitative estimate of drug-likeness (QED) is 0.776. The van der Waals surface area contributed by atoms with Gasteiger partial charge in [-0.2, -0.15) is 0 Å². The van der Waals surface area contributed by atoms with Crippen LogP contribution in [0, 0.1) is 0 Å². The first-order valence-electron chi connectivity index (χ1n) is 6.60. The molecule has 0 aromatic rings. The van der Waals surface area contributed by atoms with Gasteiger partial charge in [-0.1, -0.05) is 19.8 Å². The van der Waals surface area contributed by atoms with Crippen LogP contribution in [0.1, 0.15) is 46.0 Å². The Morgan fingerprint density at radius 2 is 2.12 bits per heavy atom. The van der Waals surface area contributed by atoms with Crippen LogP contribution in [0.4, 0.5) is 0 Å². The number of aliphatic carboxylic acids is 1. The van der Waals surface area contributed by atoms with E-state index in [0.717, 1.165) is 19.3 Å². The van der Waals surface area contributed by atoms with Gasteiger partial charge in [0.2, 0.25) is 0 Å². The third kappa shape index (κ3) is 3.96. The molecule has 17 heavy (non-hydrogen) atoms. The van der Waals surface area contributed by atoms with Crippen molar-refractivity contribution in [3.05, 3.63) is 0 Å². The van der Waals surface area contributed by atoms with Crippen LogP contribution >= 0.6 is 0 Å². The monoisotopic (exact) mass is 243 g/mol. The first-order valence-corrected chi connectivity index (χ1v) is 6.60. The molecule has 0 aromatic carbocycles. The minimum absolute atomic E-state index is 0.125. The lowest BCUT2D eigenvalue weighted by Crippen LogP contribution is -2.51. The lowest BCUT2D eigenvalue weighted by atomic mass is 9.90. The Balaban J connectivity index is 2.74.